The molecule has 4 rings (SSSR count). The average Bonchev–Trinajstić information content (AvgIpc) is 2.76. The molecule has 4 fully saturated rings. The Morgan fingerprint density at radius 3 is 1.64 bits per heavy atom. The van der Waals surface area contributed by atoms with Gasteiger partial charge in [0.1, 0.15) is 17.6 Å². The van der Waals surface area contributed by atoms with Gasteiger partial charge in [0.25, 0.3) is 0 Å². The van der Waals surface area contributed by atoms with E-state index in [9.17, 15) is 26.3 Å². The van der Waals surface area contributed by atoms with E-state index < -0.39 is 42.1 Å². The molecule has 2 unspecified atom stereocenters. The molecule has 33 heavy (non-hydrogen) atoms. The summed E-state index contributed by atoms with van der Waals surface area (Å²) in [6.07, 6.45) is 1.84. The molecule has 1 saturated heterocycles. The first kappa shape index (κ1) is 24.8. The number of hydrogen-bond acceptors (Lipinski definition) is 2. The van der Waals surface area contributed by atoms with Crippen LogP contribution in [-0.4, -0.2) is 53.0 Å². The number of nitrogens with zero attached hydrogens (tertiary/aromatic N) is 3. The summed E-state index contributed by atoms with van der Waals surface area (Å²) in [6.45, 7) is 0. The minimum Gasteiger partial charge on any atom is -0.344 e. The van der Waals surface area contributed by atoms with E-state index >= 15 is 0 Å². The summed E-state index contributed by atoms with van der Waals surface area (Å²) in [5.74, 6) is -1.83. The van der Waals surface area contributed by atoms with Crippen LogP contribution in [0.3, 0.4) is 0 Å². The molecule has 0 amide bonds. The molecule has 1 heterocycles. The summed E-state index contributed by atoms with van der Waals surface area (Å²) in [5, 5.41) is 0. The lowest BCUT2D eigenvalue weighted by Crippen LogP contribution is -2.73. The van der Waals surface area contributed by atoms with Gasteiger partial charge in [0.05, 0.1) is 18.0 Å². The quantitative estimate of drug-likeness (QED) is 0.308. The number of aliphatic imine (C=N–C) groups is 2. The van der Waals surface area contributed by atoms with E-state index in [1.54, 1.807) is 0 Å². The number of hydrogen-bond donors (Lipinski definition) is 0. The van der Waals surface area contributed by atoms with Crippen molar-refractivity contribution in [1.29, 1.82) is 0 Å². The zero-order chi connectivity index (χ0) is 23.6. The van der Waals surface area contributed by atoms with Gasteiger partial charge in [-0.2, -0.15) is 26.3 Å². The Morgan fingerprint density at radius 1 is 0.667 bits per heavy atom. The third-order valence-corrected chi connectivity index (χ3v) is 7.83. The van der Waals surface area contributed by atoms with Crippen LogP contribution < -0.4 is 0 Å². The minimum absolute atomic E-state index is 0.00279. The van der Waals surface area contributed by atoms with Crippen molar-refractivity contribution in [2.24, 2.45) is 15.9 Å². The van der Waals surface area contributed by atoms with Crippen molar-refractivity contribution < 1.29 is 26.3 Å². The van der Waals surface area contributed by atoms with Crippen LogP contribution in [-0.2, 0) is 0 Å². The van der Waals surface area contributed by atoms with Gasteiger partial charge in [0.15, 0.2) is 0 Å². The SMILES string of the molecule is FC(F)(F)C(=NC1CCCCC1)C1C(=NC2CCCCC2)N(C2CCCCC2)C1C(F)(F)F. The predicted molar refractivity (Wildman–Crippen MR) is 117 cm³/mol. The number of rotatable bonds is 4. The first-order valence-corrected chi connectivity index (χ1v) is 12.7. The smallest absolute Gasteiger partial charge is 0.344 e. The van der Waals surface area contributed by atoms with Gasteiger partial charge in [0.2, 0.25) is 0 Å². The van der Waals surface area contributed by atoms with E-state index in [4.69, 9.17) is 0 Å². The monoisotopic (exact) mass is 479 g/mol. The molecule has 9 heteroatoms. The van der Waals surface area contributed by atoms with Gasteiger partial charge in [-0.1, -0.05) is 57.8 Å². The maximum atomic E-state index is 14.3. The van der Waals surface area contributed by atoms with Crippen LogP contribution in [0.4, 0.5) is 26.3 Å². The second kappa shape index (κ2) is 10.1. The van der Waals surface area contributed by atoms with Crippen LogP contribution >= 0.6 is 0 Å². The fourth-order valence-corrected chi connectivity index (χ4v) is 6.20. The van der Waals surface area contributed by atoms with Crippen molar-refractivity contribution in [3.63, 3.8) is 0 Å². The van der Waals surface area contributed by atoms with Crippen molar-refractivity contribution in [2.45, 2.75) is 133 Å². The Balaban J connectivity index is 1.74. The second-order valence-electron chi connectivity index (χ2n) is 10.2. The van der Waals surface area contributed by atoms with Crippen LogP contribution in [0.25, 0.3) is 0 Å². The van der Waals surface area contributed by atoms with Gasteiger partial charge in [-0.3, -0.25) is 9.98 Å². The van der Waals surface area contributed by atoms with Crippen molar-refractivity contribution in [3.8, 4) is 0 Å². The second-order valence-corrected chi connectivity index (χ2v) is 10.2. The van der Waals surface area contributed by atoms with Gasteiger partial charge in [-0.15, -0.1) is 0 Å². The van der Waals surface area contributed by atoms with Crippen LogP contribution in [0.2, 0.25) is 0 Å². The molecule has 0 aromatic carbocycles. The van der Waals surface area contributed by atoms with Crippen LogP contribution in [0.5, 0.6) is 0 Å². The zero-order valence-electron chi connectivity index (χ0n) is 19.1. The van der Waals surface area contributed by atoms with Crippen LogP contribution in [0, 0.1) is 5.92 Å². The zero-order valence-corrected chi connectivity index (χ0v) is 19.1. The Bertz CT molecular complexity index is 711. The molecule has 3 aliphatic carbocycles. The molecule has 0 radical (unpaired) electrons. The summed E-state index contributed by atoms with van der Waals surface area (Å²) in [6, 6.07) is -3.33. The predicted octanol–water partition coefficient (Wildman–Crippen LogP) is 7.25. The third-order valence-electron chi connectivity index (χ3n) is 7.83. The molecule has 1 aliphatic heterocycles. The summed E-state index contributed by atoms with van der Waals surface area (Å²) in [5.41, 5.74) is -1.25. The van der Waals surface area contributed by atoms with Crippen LogP contribution in [0.1, 0.15) is 96.3 Å². The van der Waals surface area contributed by atoms with Crippen molar-refractivity contribution in [1.82, 2.24) is 4.90 Å². The summed E-state index contributed by atoms with van der Waals surface area (Å²) >= 11 is 0. The minimum atomic E-state index is -4.91. The van der Waals surface area contributed by atoms with Crippen LogP contribution in [0.15, 0.2) is 9.98 Å². The molecule has 2 atom stereocenters. The molecule has 0 N–H and O–H groups in total. The molecule has 0 aromatic heterocycles. The van der Waals surface area contributed by atoms with E-state index in [-0.39, 0.29) is 11.9 Å². The molecule has 4 aliphatic rings. The number of likely N-dealkylation sites (tertiary alicyclic amines) is 1. The van der Waals surface area contributed by atoms with E-state index in [2.05, 4.69) is 9.98 Å². The van der Waals surface area contributed by atoms with E-state index in [0.717, 1.165) is 70.6 Å². The third kappa shape index (κ3) is 5.69. The standard InChI is InChI=1S/C24H35F6N3/c25-23(26,27)20(31-16-10-4-1-5-11-16)19-21(24(28,29)30)33(18-14-8-3-9-15-18)22(19)32-17-12-6-2-7-13-17/h16-19,21H,1-15H2. The number of alkyl halides is 6. The molecular formula is C24H35F6N3. The van der Waals surface area contributed by atoms with Crippen molar-refractivity contribution in [2.75, 3.05) is 0 Å². The molecule has 3 saturated carbocycles. The summed E-state index contributed by atoms with van der Waals surface area (Å²) in [7, 11) is 0. The maximum absolute atomic E-state index is 14.3. The largest absolute Gasteiger partial charge is 0.429 e. The first-order valence-electron chi connectivity index (χ1n) is 12.7. The topological polar surface area (TPSA) is 28.0 Å². The highest BCUT2D eigenvalue weighted by Gasteiger charge is 2.65. The van der Waals surface area contributed by atoms with Gasteiger partial charge in [0, 0.05) is 6.04 Å². The van der Waals surface area contributed by atoms with Gasteiger partial charge >= 0.3 is 12.4 Å². The Kier molecular flexibility index (Phi) is 7.63. The normalized spacial score (nSPS) is 31.2. The highest BCUT2D eigenvalue weighted by atomic mass is 19.4. The molecule has 3 nitrogen and oxygen atoms in total. The fraction of sp³-hybridized carbons (Fsp3) is 0.917. The molecular weight excluding hydrogens is 444 g/mol. The van der Waals surface area contributed by atoms with E-state index in [1.807, 2.05) is 0 Å². The lowest BCUT2D eigenvalue weighted by atomic mass is 9.77. The van der Waals surface area contributed by atoms with Gasteiger partial charge in [-0.25, -0.2) is 0 Å². The summed E-state index contributed by atoms with van der Waals surface area (Å²) < 4.78 is 85.7. The molecule has 0 aromatic rings. The fourth-order valence-electron chi connectivity index (χ4n) is 6.20. The van der Waals surface area contributed by atoms with E-state index in [1.165, 1.54) is 4.90 Å². The van der Waals surface area contributed by atoms with Crippen molar-refractivity contribution >= 4 is 11.5 Å². The van der Waals surface area contributed by atoms with Gasteiger partial charge in [-0.05, 0) is 38.5 Å². The van der Waals surface area contributed by atoms with Gasteiger partial charge < -0.3 is 4.90 Å². The van der Waals surface area contributed by atoms with Crippen molar-refractivity contribution in [3.05, 3.63) is 0 Å². The first-order chi connectivity index (χ1) is 15.7. The highest BCUT2D eigenvalue weighted by Crippen LogP contribution is 2.47. The average molecular weight is 480 g/mol. The molecule has 188 valence electrons. The lowest BCUT2D eigenvalue weighted by Gasteiger charge is -2.55. The highest BCUT2D eigenvalue weighted by molar-refractivity contribution is 6.13. The summed E-state index contributed by atoms with van der Waals surface area (Å²) in [4.78, 5) is 9.85. The molecule has 0 bridgehead atoms. The molecule has 0 spiro atoms. The van der Waals surface area contributed by atoms with E-state index in [0.29, 0.717) is 25.7 Å². The lowest BCUT2D eigenvalue weighted by molar-refractivity contribution is -0.199. The Labute approximate surface area is 192 Å². The number of halogens is 6. The Morgan fingerprint density at radius 2 is 1.15 bits per heavy atom. The Hall–Kier alpha value is -1.28. The maximum Gasteiger partial charge on any atom is 0.429 e. The number of amidine groups is 1.